The zero-order chi connectivity index (χ0) is 43.8. The monoisotopic (exact) mass is 849 g/mol. The van der Waals surface area contributed by atoms with E-state index in [1.807, 2.05) is 0 Å². The minimum absolute atomic E-state index is 0.0630. The molecular weight excluding hydrogens is 745 g/mol. The standard InChI is InChI=1S/C54H104O6/c1-5-7-9-11-13-15-17-18-19-20-21-22-23-24-25-31-35-39-43-47-54(57)60-51(48-58-52(55)45-41-37-33-29-16-14-12-10-8-6-2)49-59-53(56)46-42-38-34-30-27-26-28-32-36-40-44-50(3)4/h50-51H,5-49H2,1-4H3/t51-/m1/s1. The summed E-state index contributed by atoms with van der Waals surface area (Å²) >= 11 is 0. The highest BCUT2D eigenvalue weighted by molar-refractivity contribution is 5.71. The van der Waals surface area contributed by atoms with Crippen molar-refractivity contribution in [3.05, 3.63) is 0 Å². The van der Waals surface area contributed by atoms with Crippen LogP contribution >= 0.6 is 0 Å². The molecular formula is C54H104O6. The van der Waals surface area contributed by atoms with Crippen molar-refractivity contribution in [2.45, 2.75) is 310 Å². The minimum Gasteiger partial charge on any atom is -0.462 e. The van der Waals surface area contributed by atoms with Crippen molar-refractivity contribution in [1.82, 2.24) is 0 Å². The van der Waals surface area contributed by atoms with Gasteiger partial charge in [-0.15, -0.1) is 0 Å². The number of hydrogen-bond donors (Lipinski definition) is 0. The maximum Gasteiger partial charge on any atom is 0.306 e. The predicted molar refractivity (Wildman–Crippen MR) is 257 cm³/mol. The number of carbonyl (C=O) groups excluding carboxylic acids is 3. The molecule has 0 aromatic carbocycles. The summed E-state index contributed by atoms with van der Waals surface area (Å²) in [7, 11) is 0. The quantitative estimate of drug-likeness (QED) is 0.0345. The number of carbonyl (C=O) groups is 3. The van der Waals surface area contributed by atoms with Crippen molar-refractivity contribution in [3.8, 4) is 0 Å². The second kappa shape index (κ2) is 48.4. The molecule has 6 nitrogen and oxygen atoms in total. The van der Waals surface area contributed by atoms with Crippen LogP contribution in [0.4, 0.5) is 0 Å². The Morgan fingerprint density at radius 3 is 0.817 bits per heavy atom. The first-order valence-corrected chi connectivity index (χ1v) is 26.9. The zero-order valence-corrected chi connectivity index (χ0v) is 40.9. The molecule has 0 spiro atoms. The fraction of sp³-hybridized carbons (Fsp3) is 0.944. The molecule has 0 aromatic rings. The Kier molecular flexibility index (Phi) is 47.2. The fourth-order valence-corrected chi connectivity index (χ4v) is 8.22. The van der Waals surface area contributed by atoms with Crippen LogP contribution in [-0.4, -0.2) is 37.2 Å². The maximum atomic E-state index is 12.8. The third-order valence-electron chi connectivity index (χ3n) is 12.3. The van der Waals surface area contributed by atoms with E-state index in [9.17, 15) is 14.4 Å². The summed E-state index contributed by atoms with van der Waals surface area (Å²) in [6.45, 7) is 9.01. The molecule has 0 saturated carbocycles. The van der Waals surface area contributed by atoms with Gasteiger partial charge in [0.05, 0.1) is 0 Å². The van der Waals surface area contributed by atoms with Crippen molar-refractivity contribution in [3.63, 3.8) is 0 Å². The van der Waals surface area contributed by atoms with E-state index >= 15 is 0 Å². The molecule has 0 aromatic heterocycles. The van der Waals surface area contributed by atoms with E-state index in [1.165, 1.54) is 199 Å². The summed E-state index contributed by atoms with van der Waals surface area (Å²) in [6, 6.07) is 0. The summed E-state index contributed by atoms with van der Waals surface area (Å²) < 4.78 is 16.8. The highest BCUT2D eigenvalue weighted by atomic mass is 16.6. The Hall–Kier alpha value is -1.59. The smallest absolute Gasteiger partial charge is 0.306 e. The Balaban J connectivity index is 4.25. The second-order valence-corrected chi connectivity index (χ2v) is 19.0. The van der Waals surface area contributed by atoms with Gasteiger partial charge in [-0.25, -0.2) is 0 Å². The van der Waals surface area contributed by atoms with Gasteiger partial charge in [-0.2, -0.15) is 0 Å². The van der Waals surface area contributed by atoms with Crippen LogP contribution in [0.2, 0.25) is 0 Å². The predicted octanol–water partition coefficient (Wildman–Crippen LogP) is 17.5. The molecule has 6 heteroatoms. The van der Waals surface area contributed by atoms with E-state index < -0.39 is 6.10 Å². The van der Waals surface area contributed by atoms with E-state index in [2.05, 4.69) is 27.7 Å². The fourth-order valence-electron chi connectivity index (χ4n) is 8.22. The summed E-state index contributed by atoms with van der Waals surface area (Å²) in [5, 5.41) is 0. The number of unbranched alkanes of at least 4 members (excludes halogenated alkanes) is 36. The van der Waals surface area contributed by atoms with Gasteiger partial charge in [0, 0.05) is 19.3 Å². The van der Waals surface area contributed by atoms with Gasteiger partial charge in [0.2, 0.25) is 0 Å². The molecule has 0 heterocycles. The van der Waals surface area contributed by atoms with Crippen molar-refractivity contribution in [1.29, 1.82) is 0 Å². The minimum atomic E-state index is -0.760. The lowest BCUT2D eigenvalue weighted by molar-refractivity contribution is -0.167. The molecule has 0 aliphatic carbocycles. The summed E-state index contributed by atoms with van der Waals surface area (Å²) in [6.07, 6.45) is 50.9. The largest absolute Gasteiger partial charge is 0.462 e. The maximum absolute atomic E-state index is 12.8. The SMILES string of the molecule is CCCCCCCCCCCCCCCCCCCCCC(=O)O[C@H](COC(=O)CCCCCCCCCCCC)COC(=O)CCCCCCCCCCCCC(C)C. The van der Waals surface area contributed by atoms with E-state index in [0.29, 0.717) is 19.3 Å². The third-order valence-corrected chi connectivity index (χ3v) is 12.3. The van der Waals surface area contributed by atoms with Crippen LogP contribution in [0.15, 0.2) is 0 Å². The van der Waals surface area contributed by atoms with Gasteiger partial charge in [-0.1, -0.05) is 265 Å². The number of hydrogen-bond acceptors (Lipinski definition) is 6. The first-order valence-electron chi connectivity index (χ1n) is 26.9. The molecule has 1 atom stereocenters. The van der Waals surface area contributed by atoms with Gasteiger partial charge in [-0.3, -0.25) is 14.4 Å². The van der Waals surface area contributed by atoms with Gasteiger partial charge in [0.1, 0.15) is 13.2 Å². The van der Waals surface area contributed by atoms with Crippen LogP contribution < -0.4 is 0 Å². The van der Waals surface area contributed by atoms with Crippen molar-refractivity contribution >= 4 is 17.9 Å². The van der Waals surface area contributed by atoms with Gasteiger partial charge in [0.25, 0.3) is 0 Å². The first kappa shape index (κ1) is 58.4. The van der Waals surface area contributed by atoms with E-state index in [1.54, 1.807) is 0 Å². The summed E-state index contributed by atoms with van der Waals surface area (Å²) in [5.41, 5.74) is 0. The average Bonchev–Trinajstić information content (AvgIpc) is 3.23. The van der Waals surface area contributed by atoms with Crippen LogP contribution in [0.5, 0.6) is 0 Å². The lowest BCUT2D eigenvalue weighted by Crippen LogP contribution is -2.30. The Morgan fingerprint density at radius 1 is 0.317 bits per heavy atom. The Labute approximate surface area is 374 Å². The van der Waals surface area contributed by atoms with Gasteiger partial charge < -0.3 is 14.2 Å². The number of rotatable bonds is 49. The van der Waals surface area contributed by atoms with Crippen LogP contribution in [0.1, 0.15) is 304 Å². The topological polar surface area (TPSA) is 78.9 Å². The molecule has 0 unspecified atom stereocenters. The van der Waals surface area contributed by atoms with Crippen molar-refractivity contribution in [2.75, 3.05) is 13.2 Å². The van der Waals surface area contributed by atoms with E-state index in [4.69, 9.17) is 14.2 Å². The van der Waals surface area contributed by atoms with Crippen molar-refractivity contribution in [2.24, 2.45) is 5.92 Å². The molecule has 0 N–H and O–H groups in total. The zero-order valence-electron chi connectivity index (χ0n) is 40.9. The van der Waals surface area contributed by atoms with Gasteiger partial charge in [-0.05, 0) is 25.2 Å². The van der Waals surface area contributed by atoms with E-state index in [-0.39, 0.29) is 31.1 Å². The highest BCUT2D eigenvalue weighted by Gasteiger charge is 2.19. The Bertz CT molecular complexity index is 903. The van der Waals surface area contributed by atoms with Gasteiger partial charge >= 0.3 is 17.9 Å². The van der Waals surface area contributed by atoms with Crippen molar-refractivity contribution < 1.29 is 28.6 Å². The first-order chi connectivity index (χ1) is 29.4. The molecule has 0 amide bonds. The van der Waals surface area contributed by atoms with E-state index in [0.717, 1.165) is 63.7 Å². The summed E-state index contributed by atoms with van der Waals surface area (Å²) in [4.78, 5) is 37.9. The molecule has 0 saturated heterocycles. The second-order valence-electron chi connectivity index (χ2n) is 19.0. The van der Waals surface area contributed by atoms with Crippen LogP contribution in [-0.2, 0) is 28.6 Å². The normalized spacial score (nSPS) is 11.9. The highest BCUT2D eigenvalue weighted by Crippen LogP contribution is 2.17. The number of esters is 3. The Morgan fingerprint density at radius 2 is 0.550 bits per heavy atom. The third kappa shape index (κ3) is 47.5. The molecule has 0 rings (SSSR count). The average molecular weight is 849 g/mol. The molecule has 356 valence electrons. The lowest BCUT2D eigenvalue weighted by Gasteiger charge is -2.18. The van der Waals surface area contributed by atoms with Crippen LogP contribution in [0.3, 0.4) is 0 Å². The molecule has 0 aliphatic rings. The molecule has 0 bridgehead atoms. The molecule has 60 heavy (non-hydrogen) atoms. The molecule has 0 radical (unpaired) electrons. The molecule has 0 fully saturated rings. The molecule has 0 aliphatic heterocycles. The van der Waals surface area contributed by atoms with Crippen LogP contribution in [0, 0.1) is 5.92 Å². The van der Waals surface area contributed by atoms with Gasteiger partial charge in [0.15, 0.2) is 6.10 Å². The lowest BCUT2D eigenvalue weighted by atomic mass is 10.0. The number of ether oxygens (including phenoxy) is 3. The summed E-state index contributed by atoms with van der Waals surface area (Å²) in [5.74, 6) is -0.0259. The van der Waals surface area contributed by atoms with Crippen LogP contribution in [0.25, 0.3) is 0 Å².